The summed E-state index contributed by atoms with van der Waals surface area (Å²) in [5, 5.41) is 0. The van der Waals surface area contributed by atoms with Crippen molar-refractivity contribution >= 4 is 23.2 Å². The van der Waals surface area contributed by atoms with Crippen LogP contribution in [0.2, 0.25) is 0 Å². The van der Waals surface area contributed by atoms with Crippen LogP contribution < -0.4 is 10.6 Å². The molecule has 0 unspecified atom stereocenters. The number of nitrogen functional groups attached to an aromatic ring is 1. The Labute approximate surface area is 170 Å². The molecule has 0 aliphatic heterocycles. The van der Waals surface area contributed by atoms with E-state index in [-0.39, 0.29) is 28.3 Å². The third kappa shape index (κ3) is 3.11. The Balaban J connectivity index is 1.39. The number of nitrogens with zero attached hydrogens (tertiary/aromatic N) is 2. The van der Waals surface area contributed by atoms with Crippen LogP contribution in [0.25, 0.3) is 0 Å². The average molecular weight is 395 g/mol. The Hall–Kier alpha value is -2.76. The van der Waals surface area contributed by atoms with E-state index in [9.17, 15) is 14.0 Å². The summed E-state index contributed by atoms with van der Waals surface area (Å²) in [5.41, 5.74) is 7.66. The van der Waals surface area contributed by atoms with E-state index < -0.39 is 0 Å². The zero-order valence-electron chi connectivity index (χ0n) is 16.9. The number of hydrogen-bond acceptors (Lipinski definition) is 4. The van der Waals surface area contributed by atoms with Gasteiger partial charge in [-0.15, -0.1) is 0 Å². The van der Waals surface area contributed by atoms with Gasteiger partial charge in [0.05, 0.1) is 5.69 Å². The maximum Gasteiger partial charge on any atom is 0.226 e. The Kier molecular flexibility index (Phi) is 4.68. The van der Waals surface area contributed by atoms with Crippen LogP contribution in [-0.4, -0.2) is 23.7 Å². The second-order valence-electron chi connectivity index (χ2n) is 8.53. The first kappa shape index (κ1) is 19.6. The van der Waals surface area contributed by atoms with E-state index in [1.54, 1.807) is 32.3 Å². The van der Waals surface area contributed by atoms with E-state index in [2.05, 4.69) is 4.98 Å². The molecule has 1 heterocycles. The molecule has 3 fully saturated rings. The summed E-state index contributed by atoms with van der Waals surface area (Å²) < 4.78 is 14.6. The molecule has 3 saturated carbocycles. The van der Waals surface area contributed by atoms with Gasteiger partial charge in [0.15, 0.2) is 0 Å². The number of aryl methyl sites for hydroxylation is 1. The van der Waals surface area contributed by atoms with Crippen LogP contribution in [0.3, 0.4) is 0 Å². The Morgan fingerprint density at radius 3 is 2.59 bits per heavy atom. The van der Waals surface area contributed by atoms with Crippen molar-refractivity contribution in [2.45, 2.75) is 50.9 Å². The Morgan fingerprint density at radius 1 is 1.24 bits per heavy atom. The molecule has 2 N–H and O–H groups in total. The van der Waals surface area contributed by atoms with Gasteiger partial charge in [-0.3, -0.25) is 9.59 Å². The lowest BCUT2D eigenvalue weighted by Crippen LogP contribution is -2.67. The van der Waals surface area contributed by atoms with Gasteiger partial charge in [-0.25, -0.2) is 9.37 Å². The normalized spacial score (nSPS) is 24.4. The molecule has 6 heteroatoms. The molecule has 0 atom stereocenters. The monoisotopic (exact) mass is 395 g/mol. The van der Waals surface area contributed by atoms with Gasteiger partial charge in [-0.1, -0.05) is 19.1 Å². The summed E-state index contributed by atoms with van der Waals surface area (Å²) in [7, 11) is 1.59. The smallest absolute Gasteiger partial charge is 0.226 e. The van der Waals surface area contributed by atoms with Crippen LogP contribution in [0, 0.1) is 11.2 Å². The summed E-state index contributed by atoms with van der Waals surface area (Å²) in [4.78, 5) is 30.0. The Bertz CT molecular complexity index is 968. The van der Waals surface area contributed by atoms with Crippen molar-refractivity contribution in [3.63, 3.8) is 0 Å². The minimum atomic E-state index is -0.385. The Morgan fingerprint density at radius 2 is 1.97 bits per heavy atom. The first-order valence-electron chi connectivity index (χ1n) is 10.1. The number of Topliss-reactive ketones (excluding diaryl/α,β-unsaturated/α-hetero) is 1. The highest BCUT2D eigenvalue weighted by atomic mass is 19.1. The number of benzene rings is 1. The molecule has 29 heavy (non-hydrogen) atoms. The molecule has 5 nitrogen and oxygen atoms in total. The highest BCUT2D eigenvalue weighted by Gasteiger charge is 2.71. The zero-order chi connectivity index (χ0) is 20.8. The quantitative estimate of drug-likeness (QED) is 0.774. The topological polar surface area (TPSA) is 76.3 Å². The first-order chi connectivity index (χ1) is 13.8. The molecular weight excluding hydrogens is 369 g/mol. The molecule has 1 aromatic carbocycles. The predicted molar refractivity (Wildman–Crippen MR) is 110 cm³/mol. The number of halogens is 1. The number of nitrogens with two attached hydrogens (primary N) is 1. The molecule has 1 amide bonds. The number of amides is 1. The summed E-state index contributed by atoms with van der Waals surface area (Å²) in [6.45, 7) is 1.76. The molecule has 5 rings (SSSR count). The fourth-order valence-electron chi connectivity index (χ4n) is 5.05. The van der Waals surface area contributed by atoms with Gasteiger partial charge in [0, 0.05) is 31.5 Å². The predicted octanol–water partition coefficient (Wildman–Crippen LogP) is 3.80. The lowest BCUT2D eigenvalue weighted by Gasteiger charge is -2.70. The summed E-state index contributed by atoms with van der Waals surface area (Å²) in [6, 6.07) is 8.86. The molecule has 3 aliphatic rings. The second-order valence-corrected chi connectivity index (χ2v) is 8.53. The highest BCUT2D eigenvalue weighted by molar-refractivity contribution is 5.93. The molecule has 0 spiro atoms. The van der Waals surface area contributed by atoms with Gasteiger partial charge in [-0.2, -0.15) is 0 Å². The van der Waals surface area contributed by atoms with Crippen LogP contribution in [0.15, 0.2) is 36.5 Å². The average Bonchev–Trinajstić information content (AvgIpc) is 2.64. The van der Waals surface area contributed by atoms with Crippen LogP contribution in [0.4, 0.5) is 15.9 Å². The maximum atomic E-state index is 14.6. The van der Waals surface area contributed by atoms with Gasteiger partial charge in [0.1, 0.15) is 17.4 Å². The second kappa shape index (κ2) is 6.94. The van der Waals surface area contributed by atoms with Crippen LogP contribution in [-0.2, 0) is 21.4 Å². The number of aromatic nitrogens is 1. The van der Waals surface area contributed by atoms with Gasteiger partial charge < -0.3 is 10.6 Å². The van der Waals surface area contributed by atoms with Crippen molar-refractivity contribution < 1.29 is 14.0 Å². The van der Waals surface area contributed by atoms with Crippen molar-refractivity contribution in [2.24, 2.45) is 5.41 Å². The minimum absolute atomic E-state index is 0.0876. The number of carbonyl (C=O) groups is 2. The van der Waals surface area contributed by atoms with Crippen molar-refractivity contribution in [1.82, 2.24) is 4.98 Å². The molecular formula is C23H26FN3O2. The lowest BCUT2D eigenvalue weighted by molar-refractivity contribution is -0.173. The molecule has 3 aliphatic carbocycles. The first-order valence-corrected chi connectivity index (χ1v) is 10.1. The highest BCUT2D eigenvalue weighted by Crippen LogP contribution is 2.74. The van der Waals surface area contributed by atoms with Crippen molar-refractivity contribution in [2.75, 3.05) is 17.7 Å². The van der Waals surface area contributed by atoms with Gasteiger partial charge in [0.25, 0.3) is 0 Å². The lowest BCUT2D eigenvalue weighted by atomic mass is 9.32. The van der Waals surface area contributed by atoms with Gasteiger partial charge in [0.2, 0.25) is 5.91 Å². The third-order valence-corrected chi connectivity index (χ3v) is 6.77. The molecule has 0 saturated heterocycles. The van der Waals surface area contributed by atoms with E-state index in [0.29, 0.717) is 30.8 Å². The van der Waals surface area contributed by atoms with E-state index in [4.69, 9.17) is 5.73 Å². The van der Waals surface area contributed by atoms with Crippen LogP contribution in [0.1, 0.15) is 50.2 Å². The standard InChI is InChI=1S/C23H26FN3O2/c1-3-20(29)27(2)18-8-7-16(11-17(18)24)22-12-23(13-22,14-22)19(28)9-6-15-5-4-10-26-21(15)25/h4-5,7-8,10-11H,3,6,9,12-14H2,1-2H3,(H2,25,26). The van der Waals surface area contributed by atoms with E-state index in [0.717, 1.165) is 30.4 Å². The van der Waals surface area contributed by atoms with E-state index in [1.807, 2.05) is 18.2 Å². The summed E-state index contributed by atoms with van der Waals surface area (Å²) in [5.74, 6) is 0.245. The summed E-state index contributed by atoms with van der Waals surface area (Å²) >= 11 is 0. The maximum absolute atomic E-state index is 14.6. The SMILES string of the molecule is CCC(=O)N(C)c1ccc(C23CC(C(=O)CCc4cccnc4N)(C2)C3)cc1F. The van der Waals surface area contributed by atoms with Gasteiger partial charge >= 0.3 is 0 Å². The van der Waals surface area contributed by atoms with Crippen LogP contribution >= 0.6 is 0 Å². The number of anilines is 2. The molecule has 152 valence electrons. The van der Waals surface area contributed by atoms with Crippen molar-refractivity contribution in [3.8, 4) is 0 Å². The largest absolute Gasteiger partial charge is 0.383 e. The number of ketones is 1. The fourth-order valence-corrected chi connectivity index (χ4v) is 5.05. The number of carbonyl (C=O) groups excluding carboxylic acids is 2. The van der Waals surface area contributed by atoms with Crippen molar-refractivity contribution in [1.29, 1.82) is 0 Å². The van der Waals surface area contributed by atoms with Crippen LogP contribution in [0.5, 0.6) is 0 Å². The summed E-state index contributed by atoms with van der Waals surface area (Å²) in [6.07, 6.45) is 5.39. The van der Waals surface area contributed by atoms with E-state index >= 15 is 0 Å². The molecule has 0 radical (unpaired) electrons. The third-order valence-electron chi connectivity index (χ3n) is 6.77. The van der Waals surface area contributed by atoms with E-state index in [1.165, 1.54) is 4.90 Å². The minimum Gasteiger partial charge on any atom is -0.383 e. The number of hydrogen-bond donors (Lipinski definition) is 1. The fraction of sp³-hybridized carbons (Fsp3) is 0.435. The van der Waals surface area contributed by atoms with Crippen molar-refractivity contribution in [3.05, 3.63) is 53.5 Å². The van der Waals surface area contributed by atoms with Gasteiger partial charge in [-0.05, 0) is 60.4 Å². The zero-order valence-corrected chi connectivity index (χ0v) is 16.9. The number of pyridine rings is 1. The molecule has 2 bridgehead atoms. The molecule has 2 aromatic rings. The number of rotatable bonds is 7. The molecule has 1 aromatic heterocycles.